The highest BCUT2D eigenvalue weighted by atomic mass is 16.5. The van der Waals surface area contributed by atoms with Crippen molar-refractivity contribution in [2.24, 2.45) is 5.73 Å². The standard InChI is InChI=1S/C11H14N2O3/c12-11(14)8-1-2-10(13-7-8)16-9-3-5-15-6-4-9/h1-2,7,9H,3-6H2,(H2,12,14). The minimum absolute atomic E-state index is 0.153. The Kier molecular flexibility index (Phi) is 3.36. The fourth-order valence-electron chi connectivity index (χ4n) is 1.56. The normalized spacial score (nSPS) is 17.0. The van der Waals surface area contributed by atoms with Crippen LogP contribution in [0.15, 0.2) is 18.3 Å². The molecule has 1 aliphatic heterocycles. The Morgan fingerprint density at radius 3 is 2.75 bits per heavy atom. The zero-order valence-electron chi connectivity index (χ0n) is 8.89. The van der Waals surface area contributed by atoms with Crippen LogP contribution in [0.4, 0.5) is 0 Å². The molecule has 5 heteroatoms. The van der Waals surface area contributed by atoms with Crippen molar-refractivity contribution in [3.05, 3.63) is 23.9 Å². The van der Waals surface area contributed by atoms with E-state index in [1.807, 2.05) is 0 Å². The summed E-state index contributed by atoms with van der Waals surface area (Å²) in [5.74, 6) is 0.0435. The van der Waals surface area contributed by atoms with Crippen molar-refractivity contribution < 1.29 is 14.3 Å². The average molecular weight is 222 g/mol. The second kappa shape index (κ2) is 4.94. The van der Waals surface area contributed by atoms with Crippen LogP contribution in [0.3, 0.4) is 0 Å². The van der Waals surface area contributed by atoms with Gasteiger partial charge in [0.1, 0.15) is 6.10 Å². The maximum absolute atomic E-state index is 10.8. The second-order valence-corrected chi connectivity index (χ2v) is 3.68. The Balaban J connectivity index is 1.96. The van der Waals surface area contributed by atoms with E-state index in [1.54, 1.807) is 12.1 Å². The fourth-order valence-corrected chi connectivity index (χ4v) is 1.56. The van der Waals surface area contributed by atoms with Gasteiger partial charge in [-0.15, -0.1) is 0 Å². The minimum atomic E-state index is -0.481. The first-order chi connectivity index (χ1) is 7.75. The van der Waals surface area contributed by atoms with Gasteiger partial charge in [0, 0.05) is 25.1 Å². The van der Waals surface area contributed by atoms with E-state index >= 15 is 0 Å². The second-order valence-electron chi connectivity index (χ2n) is 3.68. The molecule has 1 saturated heterocycles. The van der Waals surface area contributed by atoms with Crippen LogP contribution in [0.2, 0.25) is 0 Å². The molecule has 1 aliphatic rings. The molecule has 1 aromatic heterocycles. The Morgan fingerprint density at radius 1 is 1.44 bits per heavy atom. The van der Waals surface area contributed by atoms with E-state index in [9.17, 15) is 4.79 Å². The summed E-state index contributed by atoms with van der Waals surface area (Å²) in [7, 11) is 0. The monoisotopic (exact) mass is 222 g/mol. The number of rotatable bonds is 3. The average Bonchev–Trinajstić information content (AvgIpc) is 2.31. The van der Waals surface area contributed by atoms with Gasteiger partial charge in [0.25, 0.3) is 0 Å². The van der Waals surface area contributed by atoms with Gasteiger partial charge in [-0.3, -0.25) is 4.79 Å². The number of hydrogen-bond donors (Lipinski definition) is 1. The number of ether oxygens (including phenoxy) is 2. The molecule has 1 fully saturated rings. The summed E-state index contributed by atoms with van der Waals surface area (Å²) < 4.78 is 10.9. The molecule has 0 aromatic carbocycles. The third kappa shape index (κ3) is 2.70. The number of primary amides is 1. The molecule has 0 bridgehead atoms. The predicted octanol–water partition coefficient (Wildman–Crippen LogP) is 0.738. The number of nitrogens with zero attached hydrogens (tertiary/aromatic N) is 1. The molecular weight excluding hydrogens is 208 g/mol. The van der Waals surface area contributed by atoms with E-state index in [1.165, 1.54) is 6.20 Å². The summed E-state index contributed by atoms with van der Waals surface area (Å²) in [4.78, 5) is 14.9. The van der Waals surface area contributed by atoms with Crippen molar-refractivity contribution in [2.45, 2.75) is 18.9 Å². The topological polar surface area (TPSA) is 74.4 Å². The quantitative estimate of drug-likeness (QED) is 0.818. The number of hydrogen-bond acceptors (Lipinski definition) is 4. The van der Waals surface area contributed by atoms with E-state index in [-0.39, 0.29) is 6.10 Å². The Bertz CT molecular complexity index is 358. The van der Waals surface area contributed by atoms with Gasteiger partial charge < -0.3 is 15.2 Å². The van der Waals surface area contributed by atoms with Crippen LogP contribution >= 0.6 is 0 Å². The molecule has 86 valence electrons. The van der Waals surface area contributed by atoms with E-state index in [4.69, 9.17) is 15.2 Å². The van der Waals surface area contributed by atoms with E-state index < -0.39 is 5.91 Å². The molecule has 0 saturated carbocycles. The van der Waals surface area contributed by atoms with Crippen molar-refractivity contribution in [1.29, 1.82) is 0 Å². The van der Waals surface area contributed by atoms with Gasteiger partial charge in [-0.25, -0.2) is 4.98 Å². The van der Waals surface area contributed by atoms with Crippen molar-refractivity contribution >= 4 is 5.91 Å². The van der Waals surface area contributed by atoms with E-state index in [2.05, 4.69) is 4.98 Å². The number of amides is 1. The fraction of sp³-hybridized carbons (Fsp3) is 0.455. The van der Waals surface area contributed by atoms with Crippen molar-refractivity contribution in [3.8, 4) is 5.88 Å². The SMILES string of the molecule is NC(=O)c1ccc(OC2CCOCC2)nc1. The lowest BCUT2D eigenvalue weighted by Crippen LogP contribution is -2.26. The summed E-state index contributed by atoms with van der Waals surface area (Å²) in [6.45, 7) is 1.45. The first-order valence-corrected chi connectivity index (χ1v) is 5.26. The summed E-state index contributed by atoms with van der Waals surface area (Å²) in [6, 6.07) is 3.28. The molecule has 0 unspecified atom stereocenters. The number of nitrogens with two attached hydrogens (primary N) is 1. The highest BCUT2D eigenvalue weighted by Gasteiger charge is 2.15. The van der Waals surface area contributed by atoms with Crippen LogP contribution in [-0.4, -0.2) is 30.2 Å². The smallest absolute Gasteiger partial charge is 0.250 e. The van der Waals surface area contributed by atoms with Gasteiger partial charge in [0.2, 0.25) is 11.8 Å². The molecule has 0 radical (unpaired) electrons. The lowest BCUT2D eigenvalue weighted by Gasteiger charge is -2.22. The van der Waals surface area contributed by atoms with Crippen LogP contribution in [0.5, 0.6) is 5.88 Å². The summed E-state index contributed by atoms with van der Waals surface area (Å²) in [6.07, 6.45) is 3.33. The largest absolute Gasteiger partial charge is 0.474 e. The number of carbonyl (C=O) groups excluding carboxylic acids is 1. The molecule has 0 atom stereocenters. The Labute approximate surface area is 93.6 Å². The number of carbonyl (C=O) groups is 1. The van der Waals surface area contributed by atoms with Crippen LogP contribution < -0.4 is 10.5 Å². The van der Waals surface area contributed by atoms with Crippen LogP contribution in [0.25, 0.3) is 0 Å². The minimum Gasteiger partial charge on any atom is -0.474 e. The molecule has 16 heavy (non-hydrogen) atoms. The van der Waals surface area contributed by atoms with Gasteiger partial charge in [-0.05, 0) is 6.07 Å². The maximum atomic E-state index is 10.8. The summed E-state index contributed by atoms with van der Waals surface area (Å²) >= 11 is 0. The third-order valence-corrected chi connectivity index (χ3v) is 2.48. The number of pyridine rings is 1. The first-order valence-electron chi connectivity index (χ1n) is 5.26. The molecular formula is C11H14N2O3. The predicted molar refractivity (Wildman–Crippen MR) is 57.2 cm³/mol. The first kappa shape index (κ1) is 10.9. The number of aromatic nitrogens is 1. The van der Waals surface area contributed by atoms with Crippen molar-refractivity contribution in [2.75, 3.05) is 13.2 Å². The van der Waals surface area contributed by atoms with Crippen LogP contribution in [0, 0.1) is 0 Å². The Hall–Kier alpha value is -1.62. The zero-order valence-corrected chi connectivity index (χ0v) is 8.89. The molecule has 0 spiro atoms. The Morgan fingerprint density at radius 2 is 2.19 bits per heavy atom. The molecule has 2 N–H and O–H groups in total. The molecule has 2 heterocycles. The van der Waals surface area contributed by atoms with Gasteiger partial charge >= 0.3 is 0 Å². The summed E-state index contributed by atoms with van der Waals surface area (Å²) in [5, 5.41) is 0. The molecule has 5 nitrogen and oxygen atoms in total. The van der Waals surface area contributed by atoms with Crippen molar-refractivity contribution in [3.63, 3.8) is 0 Å². The van der Waals surface area contributed by atoms with Gasteiger partial charge in [0.15, 0.2) is 0 Å². The molecule has 0 aliphatic carbocycles. The van der Waals surface area contributed by atoms with Gasteiger partial charge in [-0.2, -0.15) is 0 Å². The van der Waals surface area contributed by atoms with Crippen LogP contribution in [0.1, 0.15) is 23.2 Å². The van der Waals surface area contributed by atoms with E-state index in [0.29, 0.717) is 11.4 Å². The highest BCUT2D eigenvalue weighted by molar-refractivity contribution is 5.92. The van der Waals surface area contributed by atoms with Crippen molar-refractivity contribution in [1.82, 2.24) is 4.98 Å². The third-order valence-electron chi connectivity index (χ3n) is 2.48. The molecule has 2 rings (SSSR count). The van der Waals surface area contributed by atoms with E-state index in [0.717, 1.165) is 26.1 Å². The van der Waals surface area contributed by atoms with Crippen LogP contribution in [-0.2, 0) is 4.74 Å². The molecule has 1 amide bonds. The van der Waals surface area contributed by atoms with Gasteiger partial charge in [0.05, 0.1) is 18.8 Å². The van der Waals surface area contributed by atoms with Gasteiger partial charge in [-0.1, -0.05) is 0 Å². The highest BCUT2D eigenvalue weighted by Crippen LogP contribution is 2.15. The lowest BCUT2D eigenvalue weighted by atomic mass is 10.1. The maximum Gasteiger partial charge on any atom is 0.250 e. The summed E-state index contributed by atoms with van der Waals surface area (Å²) in [5.41, 5.74) is 5.50. The molecule has 1 aromatic rings. The zero-order chi connectivity index (χ0) is 11.4. The lowest BCUT2D eigenvalue weighted by molar-refractivity contribution is 0.0237.